The van der Waals surface area contributed by atoms with Crippen LogP contribution in [0.5, 0.6) is 0 Å². The molecule has 30 heavy (non-hydrogen) atoms. The van der Waals surface area contributed by atoms with E-state index in [1.54, 1.807) is 12.1 Å². The quantitative estimate of drug-likeness (QED) is 0.248. The van der Waals surface area contributed by atoms with E-state index >= 15 is 0 Å². The van der Waals surface area contributed by atoms with Crippen molar-refractivity contribution in [3.8, 4) is 0 Å². The molecule has 1 heterocycles. The molecule has 2 aromatic carbocycles. The molecule has 1 aliphatic heterocycles. The molecular weight excluding hydrogens is 388 g/mol. The molecule has 152 valence electrons. The second-order valence-corrected chi connectivity index (χ2v) is 7.21. The summed E-state index contributed by atoms with van der Waals surface area (Å²) in [5, 5.41) is 10.7. The Labute approximate surface area is 171 Å². The first-order valence-electron chi connectivity index (χ1n) is 9.49. The van der Waals surface area contributed by atoms with E-state index in [2.05, 4.69) is 0 Å². The van der Waals surface area contributed by atoms with Crippen molar-refractivity contribution >= 4 is 29.2 Å². The Hall–Kier alpha value is -3.81. The molecular formula is C22H18N2O6. The summed E-state index contributed by atoms with van der Waals surface area (Å²) in [4.78, 5) is 48.9. The summed E-state index contributed by atoms with van der Waals surface area (Å²) in [6.45, 7) is -0.0297. The van der Waals surface area contributed by atoms with Gasteiger partial charge in [-0.25, -0.2) is 4.79 Å². The number of nitro groups is 1. The Morgan fingerprint density at radius 3 is 2.07 bits per heavy atom. The monoisotopic (exact) mass is 406 g/mol. The summed E-state index contributed by atoms with van der Waals surface area (Å²) < 4.78 is 5.23. The van der Waals surface area contributed by atoms with Crippen LogP contribution in [-0.2, 0) is 20.9 Å². The number of benzene rings is 2. The maximum absolute atomic E-state index is 12.6. The van der Waals surface area contributed by atoms with Crippen LogP contribution < -0.4 is 4.90 Å². The molecule has 0 bridgehead atoms. The van der Waals surface area contributed by atoms with Crippen LogP contribution in [0.1, 0.15) is 28.8 Å². The van der Waals surface area contributed by atoms with Gasteiger partial charge in [0, 0.05) is 12.1 Å². The molecule has 0 radical (unpaired) electrons. The molecule has 2 atom stereocenters. The van der Waals surface area contributed by atoms with Gasteiger partial charge in [0.05, 0.1) is 28.0 Å². The highest BCUT2D eigenvalue weighted by Gasteiger charge is 2.47. The number of nitrogens with zero attached hydrogens (tertiary/aromatic N) is 2. The van der Waals surface area contributed by atoms with E-state index in [4.69, 9.17) is 4.74 Å². The number of carbonyl (C=O) groups is 3. The first-order valence-corrected chi connectivity index (χ1v) is 9.49. The minimum absolute atomic E-state index is 0.0297. The zero-order chi connectivity index (χ0) is 21.3. The number of non-ortho nitro benzene ring substituents is 1. The van der Waals surface area contributed by atoms with Crippen LogP contribution in [0.2, 0.25) is 0 Å². The van der Waals surface area contributed by atoms with Crippen LogP contribution in [0, 0.1) is 22.0 Å². The summed E-state index contributed by atoms with van der Waals surface area (Å²) in [6, 6.07) is 11.9. The highest BCUT2D eigenvalue weighted by atomic mass is 16.6. The lowest BCUT2D eigenvalue weighted by atomic mass is 9.85. The van der Waals surface area contributed by atoms with Crippen LogP contribution in [0.25, 0.3) is 0 Å². The molecule has 0 aromatic heterocycles. The fourth-order valence-corrected chi connectivity index (χ4v) is 3.75. The van der Waals surface area contributed by atoms with Gasteiger partial charge in [0.1, 0.15) is 6.61 Å². The van der Waals surface area contributed by atoms with Crippen molar-refractivity contribution in [2.24, 2.45) is 11.8 Å². The molecule has 0 saturated carbocycles. The Balaban J connectivity index is 1.41. The van der Waals surface area contributed by atoms with Gasteiger partial charge in [0.2, 0.25) is 11.8 Å². The van der Waals surface area contributed by atoms with Gasteiger partial charge in [-0.05, 0) is 54.8 Å². The van der Waals surface area contributed by atoms with Crippen molar-refractivity contribution in [1.29, 1.82) is 0 Å². The predicted octanol–water partition coefficient (Wildman–Crippen LogP) is 3.41. The molecule has 2 amide bonds. The van der Waals surface area contributed by atoms with Crippen molar-refractivity contribution in [2.45, 2.75) is 19.4 Å². The molecule has 1 fully saturated rings. The summed E-state index contributed by atoms with van der Waals surface area (Å²) in [7, 11) is 0. The molecule has 2 aromatic rings. The fourth-order valence-electron chi connectivity index (χ4n) is 3.75. The van der Waals surface area contributed by atoms with Gasteiger partial charge in [-0.3, -0.25) is 24.6 Å². The maximum Gasteiger partial charge on any atom is 0.338 e. The van der Waals surface area contributed by atoms with Crippen LogP contribution in [-0.4, -0.2) is 22.7 Å². The van der Waals surface area contributed by atoms with Crippen LogP contribution >= 0.6 is 0 Å². The van der Waals surface area contributed by atoms with E-state index in [9.17, 15) is 24.5 Å². The fraction of sp³-hybridized carbons (Fsp3) is 0.227. The number of anilines is 1. The zero-order valence-electron chi connectivity index (χ0n) is 15.9. The summed E-state index contributed by atoms with van der Waals surface area (Å²) >= 11 is 0. The molecule has 8 nitrogen and oxygen atoms in total. The van der Waals surface area contributed by atoms with E-state index in [1.807, 2.05) is 12.2 Å². The molecule has 4 rings (SSSR count). The summed E-state index contributed by atoms with van der Waals surface area (Å²) in [5.41, 5.74) is 1.29. The first kappa shape index (κ1) is 19.5. The number of fused-ring (bicyclic) bond motifs is 1. The normalized spacial score (nSPS) is 20.2. The van der Waals surface area contributed by atoms with Gasteiger partial charge in [0.15, 0.2) is 0 Å². The van der Waals surface area contributed by atoms with Crippen molar-refractivity contribution in [3.63, 3.8) is 0 Å². The number of hydrogen-bond acceptors (Lipinski definition) is 6. The predicted molar refractivity (Wildman–Crippen MR) is 107 cm³/mol. The first-order chi connectivity index (χ1) is 14.5. The molecule has 0 spiro atoms. The Morgan fingerprint density at radius 2 is 1.53 bits per heavy atom. The Bertz CT molecular complexity index is 1020. The lowest BCUT2D eigenvalue weighted by Gasteiger charge is -2.15. The standard InChI is InChI=1S/C22H18N2O6/c25-20-18-3-1-2-4-19(18)21(26)23(20)16-11-7-15(8-12-16)22(27)30-13-14-5-9-17(10-6-14)24(28)29/h1-2,5-12,18-19H,3-4,13H2/t18-,19+. The maximum atomic E-state index is 12.6. The van der Waals surface area contributed by atoms with E-state index in [0.29, 0.717) is 24.1 Å². The number of esters is 1. The van der Waals surface area contributed by atoms with Gasteiger partial charge in [-0.2, -0.15) is 0 Å². The second kappa shape index (κ2) is 7.90. The minimum atomic E-state index is -0.572. The van der Waals surface area contributed by atoms with E-state index in [0.717, 1.165) is 0 Å². The lowest BCUT2D eigenvalue weighted by Crippen LogP contribution is -2.30. The van der Waals surface area contributed by atoms with Gasteiger partial charge in [0.25, 0.3) is 5.69 Å². The number of hydrogen-bond donors (Lipinski definition) is 0. The van der Waals surface area contributed by atoms with E-state index < -0.39 is 10.9 Å². The average Bonchev–Trinajstić information content (AvgIpc) is 3.03. The molecule has 0 unspecified atom stereocenters. The van der Waals surface area contributed by atoms with Crippen molar-refractivity contribution in [3.05, 3.63) is 81.9 Å². The number of rotatable bonds is 5. The third kappa shape index (κ3) is 3.59. The van der Waals surface area contributed by atoms with Crippen LogP contribution in [0.4, 0.5) is 11.4 Å². The smallest absolute Gasteiger partial charge is 0.338 e. The van der Waals surface area contributed by atoms with Gasteiger partial charge >= 0.3 is 5.97 Å². The number of amides is 2. The molecule has 2 aliphatic rings. The number of imide groups is 1. The molecule has 8 heteroatoms. The highest BCUT2D eigenvalue weighted by molar-refractivity contribution is 6.22. The SMILES string of the molecule is O=C(OCc1ccc([N+](=O)[O-])cc1)c1ccc(N2C(=O)[C@H]3CC=CC[C@H]3C2=O)cc1. The number of nitro benzene ring substituents is 1. The Kier molecular flexibility index (Phi) is 5.14. The van der Waals surface area contributed by atoms with Crippen molar-refractivity contribution < 1.29 is 24.0 Å². The number of ether oxygens (including phenoxy) is 1. The van der Waals surface area contributed by atoms with Crippen molar-refractivity contribution in [2.75, 3.05) is 4.90 Å². The summed E-state index contributed by atoms with van der Waals surface area (Å²) in [5.74, 6) is -1.61. The average molecular weight is 406 g/mol. The van der Waals surface area contributed by atoms with Gasteiger partial charge < -0.3 is 4.74 Å². The number of allylic oxidation sites excluding steroid dienone is 2. The zero-order valence-corrected chi connectivity index (χ0v) is 15.9. The van der Waals surface area contributed by atoms with Gasteiger partial charge in [-0.15, -0.1) is 0 Å². The van der Waals surface area contributed by atoms with Crippen molar-refractivity contribution in [1.82, 2.24) is 0 Å². The highest BCUT2D eigenvalue weighted by Crippen LogP contribution is 2.37. The number of carbonyl (C=O) groups excluding carboxylic acids is 3. The third-order valence-corrected chi connectivity index (χ3v) is 5.39. The molecule has 1 aliphatic carbocycles. The second-order valence-electron chi connectivity index (χ2n) is 7.21. The largest absolute Gasteiger partial charge is 0.457 e. The minimum Gasteiger partial charge on any atom is -0.457 e. The lowest BCUT2D eigenvalue weighted by molar-refractivity contribution is -0.384. The molecule has 1 saturated heterocycles. The van der Waals surface area contributed by atoms with E-state index in [1.165, 1.54) is 41.3 Å². The topological polar surface area (TPSA) is 107 Å². The van der Waals surface area contributed by atoms with Crippen LogP contribution in [0.15, 0.2) is 60.7 Å². The molecule has 0 N–H and O–H groups in total. The van der Waals surface area contributed by atoms with Gasteiger partial charge in [-0.1, -0.05) is 12.2 Å². The Morgan fingerprint density at radius 1 is 0.967 bits per heavy atom. The van der Waals surface area contributed by atoms with E-state index in [-0.39, 0.29) is 41.5 Å². The summed E-state index contributed by atoms with van der Waals surface area (Å²) in [6.07, 6.45) is 5.00. The van der Waals surface area contributed by atoms with Crippen LogP contribution in [0.3, 0.4) is 0 Å². The third-order valence-electron chi connectivity index (χ3n) is 5.39.